The number of hydrogen-bond acceptors (Lipinski definition) is 3. The van der Waals surface area contributed by atoms with Crippen LogP contribution in [-0.2, 0) is 11.0 Å². The Morgan fingerprint density at radius 1 is 1.54 bits per heavy atom. The van der Waals surface area contributed by atoms with E-state index >= 15 is 0 Å². The van der Waals surface area contributed by atoms with Gasteiger partial charge in [0.25, 0.3) is 0 Å². The second kappa shape index (κ2) is 4.25. The SMILES string of the molecule is CCOc1cc(N)ccc1S(N)=O. The minimum atomic E-state index is -1.53. The number of benzene rings is 1. The molecule has 0 aliphatic rings. The highest BCUT2D eigenvalue weighted by Crippen LogP contribution is 2.23. The van der Waals surface area contributed by atoms with E-state index in [1.54, 1.807) is 18.2 Å². The summed E-state index contributed by atoms with van der Waals surface area (Å²) in [5.41, 5.74) is 6.11. The van der Waals surface area contributed by atoms with E-state index in [1.807, 2.05) is 6.92 Å². The van der Waals surface area contributed by atoms with E-state index < -0.39 is 11.0 Å². The van der Waals surface area contributed by atoms with Crippen molar-refractivity contribution in [1.29, 1.82) is 0 Å². The lowest BCUT2D eigenvalue weighted by Gasteiger charge is -2.07. The molecule has 1 aromatic carbocycles. The van der Waals surface area contributed by atoms with Gasteiger partial charge in [0.15, 0.2) is 0 Å². The fourth-order valence-corrected chi connectivity index (χ4v) is 1.48. The number of nitrogen functional groups attached to an aromatic ring is 1. The summed E-state index contributed by atoms with van der Waals surface area (Å²) < 4.78 is 16.2. The Kier molecular flexibility index (Phi) is 3.27. The summed E-state index contributed by atoms with van der Waals surface area (Å²) in [5, 5.41) is 5.25. The Balaban J connectivity index is 3.10. The van der Waals surface area contributed by atoms with Gasteiger partial charge in [0.1, 0.15) is 16.7 Å². The molecule has 0 fully saturated rings. The number of rotatable bonds is 3. The summed E-state index contributed by atoms with van der Waals surface area (Å²) >= 11 is 0. The van der Waals surface area contributed by atoms with Crippen molar-refractivity contribution in [2.45, 2.75) is 11.8 Å². The van der Waals surface area contributed by atoms with Gasteiger partial charge < -0.3 is 10.5 Å². The Morgan fingerprint density at radius 3 is 2.77 bits per heavy atom. The number of ether oxygens (including phenoxy) is 1. The standard InChI is InChI=1S/C8H12N2O2S/c1-2-12-7-5-6(9)3-4-8(7)13(10)11/h3-5H,2,9-10H2,1H3. The maximum atomic E-state index is 11.0. The summed E-state index contributed by atoms with van der Waals surface area (Å²) in [5.74, 6) is 0.489. The summed E-state index contributed by atoms with van der Waals surface area (Å²) in [7, 11) is -1.53. The van der Waals surface area contributed by atoms with E-state index in [9.17, 15) is 4.21 Å². The third-order valence-corrected chi connectivity index (χ3v) is 2.26. The zero-order valence-electron chi connectivity index (χ0n) is 7.32. The van der Waals surface area contributed by atoms with Crippen molar-refractivity contribution >= 4 is 16.7 Å². The number of hydrogen-bond donors (Lipinski definition) is 2. The Labute approximate surface area is 79.5 Å². The molecule has 1 atom stereocenters. The van der Waals surface area contributed by atoms with E-state index in [4.69, 9.17) is 15.6 Å². The molecular formula is C8H12N2O2S. The van der Waals surface area contributed by atoms with Crippen LogP contribution >= 0.6 is 0 Å². The third kappa shape index (κ3) is 2.43. The molecule has 0 aromatic heterocycles. The molecule has 1 unspecified atom stereocenters. The monoisotopic (exact) mass is 200 g/mol. The molecule has 0 spiro atoms. The molecule has 5 heteroatoms. The van der Waals surface area contributed by atoms with E-state index in [-0.39, 0.29) is 0 Å². The van der Waals surface area contributed by atoms with Crippen molar-refractivity contribution in [3.63, 3.8) is 0 Å². The molecule has 13 heavy (non-hydrogen) atoms. The average molecular weight is 200 g/mol. The minimum absolute atomic E-state index is 0.469. The maximum Gasteiger partial charge on any atom is 0.138 e. The van der Waals surface area contributed by atoms with Gasteiger partial charge in [-0.05, 0) is 19.1 Å². The van der Waals surface area contributed by atoms with E-state index in [0.717, 1.165) is 0 Å². The maximum absolute atomic E-state index is 11.0. The van der Waals surface area contributed by atoms with Gasteiger partial charge in [0.2, 0.25) is 0 Å². The van der Waals surface area contributed by atoms with Crippen molar-refractivity contribution in [2.24, 2.45) is 5.14 Å². The zero-order chi connectivity index (χ0) is 9.84. The van der Waals surface area contributed by atoms with Crippen LogP contribution in [0.5, 0.6) is 5.75 Å². The summed E-state index contributed by atoms with van der Waals surface area (Å²) in [6, 6.07) is 4.86. The van der Waals surface area contributed by atoms with Crippen molar-refractivity contribution < 1.29 is 8.95 Å². The van der Waals surface area contributed by atoms with Crippen LogP contribution in [0.2, 0.25) is 0 Å². The van der Waals surface area contributed by atoms with Crippen LogP contribution in [0.4, 0.5) is 5.69 Å². The fourth-order valence-electron chi connectivity index (χ4n) is 0.959. The largest absolute Gasteiger partial charge is 0.492 e. The lowest BCUT2D eigenvalue weighted by molar-refractivity contribution is 0.332. The molecule has 0 aliphatic heterocycles. The Hall–Kier alpha value is -1.07. The van der Waals surface area contributed by atoms with Gasteiger partial charge in [0.05, 0.1) is 11.5 Å². The second-order valence-corrected chi connectivity index (χ2v) is 3.47. The summed E-state index contributed by atoms with van der Waals surface area (Å²) in [4.78, 5) is 0.469. The normalized spacial score (nSPS) is 12.5. The van der Waals surface area contributed by atoms with Crippen LogP contribution in [0.15, 0.2) is 23.1 Å². The fraction of sp³-hybridized carbons (Fsp3) is 0.250. The van der Waals surface area contributed by atoms with Crippen LogP contribution in [0.3, 0.4) is 0 Å². The molecule has 1 aromatic rings. The molecule has 0 radical (unpaired) electrons. The van der Waals surface area contributed by atoms with Gasteiger partial charge in [-0.3, -0.25) is 0 Å². The lowest BCUT2D eigenvalue weighted by Crippen LogP contribution is -2.06. The quantitative estimate of drug-likeness (QED) is 0.703. The predicted octanol–water partition coefficient (Wildman–Crippen LogP) is 0.649. The molecule has 4 nitrogen and oxygen atoms in total. The molecule has 0 heterocycles. The summed E-state index contributed by atoms with van der Waals surface area (Å²) in [6.45, 7) is 2.33. The molecule has 72 valence electrons. The molecular weight excluding hydrogens is 188 g/mol. The molecule has 0 aliphatic carbocycles. The van der Waals surface area contributed by atoms with Crippen molar-refractivity contribution in [3.8, 4) is 5.75 Å². The van der Waals surface area contributed by atoms with Crippen LogP contribution in [-0.4, -0.2) is 10.8 Å². The van der Waals surface area contributed by atoms with Crippen LogP contribution in [0.1, 0.15) is 6.92 Å². The number of nitrogens with two attached hydrogens (primary N) is 2. The highest BCUT2D eigenvalue weighted by atomic mass is 32.2. The first kappa shape index (κ1) is 10.0. The molecule has 1 rings (SSSR count). The van der Waals surface area contributed by atoms with Gasteiger partial charge in [-0.25, -0.2) is 9.35 Å². The van der Waals surface area contributed by atoms with Gasteiger partial charge in [0, 0.05) is 11.8 Å². The molecule has 0 saturated heterocycles. The van der Waals surface area contributed by atoms with E-state index in [1.165, 1.54) is 0 Å². The molecule has 0 amide bonds. The van der Waals surface area contributed by atoms with Crippen molar-refractivity contribution in [1.82, 2.24) is 0 Å². The third-order valence-electron chi connectivity index (χ3n) is 1.48. The highest BCUT2D eigenvalue weighted by molar-refractivity contribution is 7.82. The molecule has 0 bridgehead atoms. The van der Waals surface area contributed by atoms with Crippen molar-refractivity contribution in [2.75, 3.05) is 12.3 Å². The van der Waals surface area contributed by atoms with Crippen LogP contribution < -0.4 is 15.6 Å². The van der Waals surface area contributed by atoms with Crippen LogP contribution in [0.25, 0.3) is 0 Å². The highest BCUT2D eigenvalue weighted by Gasteiger charge is 2.07. The predicted molar refractivity (Wildman–Crippen MR) is 52.6 cm³/mol. The smallest absolute Gasteiger partial charge is 0.138 e. The van der Waals surface area contributed by atoms with Gasteiger partial charge in [-0.15, -0.1) is 0 Å². The second-order valence-electron chi connectivity index (χ2n) is 2.44. The minimum Gasteiger partial charge on any atom is -0.492 e. The first-order valence-electron chi connectivity index (χ1n) is 3.83. The van der Waals surface area contributed by atoms with Gasteiger partial charge >= 0.3 is 0 Å². The Morgan fingerprint density at radius 2 is 2.23 bits per heavy atom. The first-order chi connectivity index (χ1) is 6.15. The number of anilines is 1. The van der Waals surface area contributed by atoms with E-state index in [2.05, 4.69) is 0 Å². The molecule has 0 saturated carbocycles. The van der Waals surface area contributed by atoms with E-state index in [0.29, 0.717) is 22.9 Å². The topological polar surface area (TPSA) is 78.3 Å². The van der Waals surface area contributed by atoms with Crippen molar-refractivity contribution in [3.05, 3.63) is 18.2 Å². The molecule has 4 N–H and O–H groups in total. The average Bonchev–Trinajstić information content (AvgIpc) is 2.04. The van der Waals surface area contributed by atoms with Crippen LogP contribution in [0, 0.1) is 0 Å². The van der Waals surface area contributed by atoms with Gasteiger partial charge in [-0.1, -0.05) is 0 Å². The summed E-state index contributed by atoms with van der Waals surface area (Å²) in [6.07, 6.45) is 0. The zero-order valence-corrected chi connectivity index (χ0v) is 8.14. The lowest BCUT2D eigenvalue weighted by atomic mass is 10.3. The van der Waals surface area contributed by atoms with Gasteiger partial charge in [-0.2, -0.15) is 0 Å². The Bertz CT molecular complexity index is 328. The first-order valence-corrected chi connectivity index (χ1v) is 5.05.